The van der Waals surface area contributed by atoms with Crippen LogP contribution in [0.3, 0.4) is 0 Å². The van der Waals surface area contributed by atoms with Crippen molar-refractivity contribution in [3.63, 3.8) is 0 Å². The van der Waals surface area contributed by atoms with Crippen LogP contribution < -0.4 is 4.74 Å². The zero-order chi connectivity index (χ0) is 17.2. The molecule has 1 N–H and O–H groups in total. The second-order valence-electron chi connectivity index (χ2n) is 6.11. The second-order valence-corrected chi connectivity index (χ2v) is 6.11. The minimum absolute atomic E-state index is 0.210. The average molecular weight is 325 g/mol. The lowest BCUT2D eigenvalue weighted by atomic mass is 10.1. The number of aliphatic hydroxyl groups is 1. The maximum absolute atomic E-state index is 9.36. The molecule has 2 rings (SSSR count). The molecule has 1 unspecified atom stereocenters. The minimum Gasteiger partial charge on any atom is -0.496 e. The Labute approximate surface area is 145 Å². The molecule has 0 spiro atoms. The van der Waals surface area contributed by atoms with Crippen LogP contribution in [0, 0.1) is 5.92 Å². The summed E-state index contributed by atoms with van der Waals surface area (Å²) in [6.45, 7) is 4.85. The van der Waals surface area contributed by atoms with E-state index in [2.05, 4.69) is 48.2 Å². The molecule has 2 aromatic rings. The number of hydrogen-bond acceptors (Lipinski definition) is 3. The van der Waals surface area contributed by atoms with Gasteiger partial charge in [0.05, 0.1) is 7.11 Å². The van der Waals surface area contributed by atoms with Crippen molar-refractivity contribution in [2.75, 3.05) is 26.8 Å². The Hall–Kier alpha value is -2.10. The van der Waals surface area contributed by atoms with Crippen LogP contribution in [0.1, 0.15) is 18.1 Å². The van der Waals surface area contributed by atoms with Gasteiger partial charge in [0, 0.05) is 31.8 Å². The maximum atomic E-state index is 9.36. The van der Waals surface area contributed by atoms with E-state index in [0.29, 0.717) is 0 Å². The van der Waals surface area contributed by atoms with Crippen molar-refractivity contribution < 1.29 is 9.84 Å². The van der Waals surface area contributed by atoms with Crippen LogP contribution in [0.5, 0.6) is 5.75 Å². The van der Waals surface area contributed by atoms with E-state index in [4.69, 9.17) is 4.74 Å². The van der Waals surface area contributed by atoms with Crippen molar-refractivity contribution >= 4 is 6.08 Å². The molecule has 0 heterocycles. The number of rotatable bonds is 9. The van der Waals surface area contributed by atoms with Gasteiger partial charge in [-0.25, -0.2) is 0 Å². The van der Waals surface area contributed by atoms with E-state index < -0.39 is 0 Å². The predicted molar refractivity (Wildman–Crippen MR) is 100.0 cm³/mol. The number of nitrogens with zero attached hydrogens (tertiary/aromatic N) is 1. The number of hydrogen-bond donors (Lipinski definition) is 1. The highest BCUT2D eigenvalue weighted by Gasteiger charge is 2.09. The van der Waals surface area contributed by atoms with Gasteiger partial charge < -0.3 is 9.84 Å². The van der Waals surface area contributed by atoms with Crippen LogP contribution in [0.15, 0.2) is 60.7 Å². The van der Waals surface area contributed by atoms with Gasteiger partial charge in [-0.3, -0.25) is 4.90 Å². The van der Waals surface area contributed by atoms with Gasteiger partial charge in [-0.1, -0.05) is 67.6 Å². The average Bonchev–Trinajstić information content (AvgIpc) is 2.62. The molecule has 0 aliphatic rings. The summed E-state index contributed by atoms with van der Waals surface area (Å²) in [5, 5.41) is 9.36. The first-order valence-electron chi connectivity index (χ1n) is 8.39. The molecular weight excluding hydrogens is 298 g/mol. The highest BCUT2D eigenvalue weighted by atomic mass is 16.5. The maximum Gasteiger partial charge on any atom is 0.126 e. The number of para-hydroxylation sites is 1. The van der Waals surface area contributed by atoms with E-state index in [1.807, 2.05) is 30.3 Å². The van der Waals surface area contributed by atoms with Crippen molar-refractivity contribution in [3.05, 3.63) is 71.8 Å². The number of methoxy groups -OCH3 is 1. The van der Waals surface area contributed by atoms with Crippen molar-refractivity contribution in [1.82, 2.24) is 4.90 Å². The highest BCUT2D eigenvalue weighted by Crippen LogP contribution is 2.18. The molecule has 0 aliphatic heterocycles. The van der Waals surface area contributed by atoms with Crippen molar-refractivity contribution in [1.29, 1.82) is 0 Å². The highest BCUT2D eigenvalue weighted by molar-refractivity contribution is 5.57. The Morgan fingerprint density at radius 1 is 1.08 bits per heavy atom. The SMILES string of the molecule is COc1ccccc1C=CCN(Cc1ccccc1)CC(C)CO. The summed E-state index contributed by atoms with van der Waals surface area (Å²) in [7, 11) is 1.69. The third-order valence-electron chi connectivity index (χ3n) is 3.93. The molecule has 0 aliphatic carbocycles. The fourth-order valence-corrected chi connectivity index (χ4v) is 2.68. The quantitative estimate of drug-likeness (QED) is 0.760. The first-order chi connectivity index (χ1) is 11.7. The number of aliphatic hydroxyl groups excluding tert-OH is 1. The summed E-state index contributed by atoms with van der Waals surface area (Å²) in [5.74, 6) is 1.14. The Balaban J connectivity index is 2.03. The summed E-state index contributed by atoms with van der Waals surface area (Å²) in [6, 6.07) is 18.4. The van der Waals surface area contributed by atoms with Gasteiger partial charge in [-0.15, -0.1) is 0 Å². The normalized spacial score (nSPS) is 12.7. The van der Waals surface area contributed by atoms with Gasteiger partial charge in [0.15, 0.2) is 0 Å². The first-order valence-corrected chi connectivity index (χ1v) is 8.39. The molecule has 2 aromatic carbocycles. The van der Waals surface area contributed by atoms with Gasteiger partial charge >= 0.3 is 0 Å². The molecule has 0 amide bonds. The molecular formula is C21H27NO2. The van der Waals surface area contributed by atoms with Crippen molar-refractivity contribution in [3.8, 4) is 5.75 Å². The largest absolute Gasteiger partial charge is 0.496 e. The molecule has 0 saturated carbocycles. The summed E-state index contributed by atoms with van der Waals surface area (Å²) < 4.78 is 5.38. The number of benzene rings is 2. The monoisotopic (exact) mass is 325 g/mol. The van der Waals surface area contributed by atoms with Crippen LogP contribution in [0.25, 0.3) is 6.08 Å². The Bertz CT molecular complexity index is 625. The van der Waals surface area contributed by atoms with Gasteiger partial charge in [-0.05, 0) is 17.5 Å². The molecule has 24 heavy (non-hydrogen) atoms. The van der Waals surface area contributed by atoms with Gasteiger partial charge in [0.25, 0.3) is 0 Å². The second kappa shape index (κ2) is 9.91. The van der Waals surface area contributed by atoms with E-state index in [1.54, 1.807) is 7.11 Å². The van der Waals surface area contributed by atoms with Crippen LogP contribution in [0.4, 0.5) is 0 Å². The van der Waals surface area contributed by atoms with Crippen LogP contribution >= 0.6 is 0 Å². The molecule has 1 atom stereocenters. The van der Waals surface area contributed by atoms with E-state index in [9.17, 15) is 5.11 Å². The lowest BCUT2D eigenvalue weighted by Crippen LogP contribution is -2.29. The molecule has 3 heteroatoms. The van der Waals surface area contributed by atoms with Crippen LogP contribution in [-0.4, -0.2) is 36.8 Å². The Kier molecular flexibility index (Phi) is 7.53. The Morgan fingerprint density at radius 2 is 1.79 bits per heavy atom. The molecule has 3 nitrogen and oxygen atoms in total. The lowest BCUT2D eigenvalue weighted by Gasteiger charge is -2.23. The van der Waals surface area contributed by atoms with Crippen molar-refractivity contribution in [2.24, 2.45) is 5.92 Å². The zero-order valence-corrected chi connectivity index (χ0v) is 14.6. The van der Waals surface area contributed by atoms with Crippen LogP contribution in [0.2, 0.25) is 0 Å². The molecule has 0 saturated heterocycles. The standard InChI is InChI=1S/C21H27NO2/c1-18(17-23)15-22(16-19-9-4-3-5-10-19)14-8-12-20-11-6-7-13-21(20)24-2/h3-13,18,23H,14-17H2,1-2H3. The van der Waals surface area contributed by atoms with Crippen LogP contribution in [-0.2, 0) is 6.54 Å². The van der Waals surface area contributed by atoms with E-state index >= 15 is 0 Å². The summed E-state index contributed by atoms with van der Waals surface area (Å²) in [5.41, 5.74) is 2.36. The van der Waals surface area contributed by atoms with Gasteiger partial charge in [-0.2, -0.15) is 0 Å². The van der Waals surface area contributed by atoms with E-state index in [1.165, 1.54) is 5.56 Å². The smallest absolute Gasteiger partial charge is 0.126 e. The van der Waals surface area contributed by atoms with E-state index in [-0.39, 0.29) is 12.5 Å². The molecule has 0 radical (unpaired) electrons. The summed E-state index contributed by atoms with van der Waals surface area (Å²) >= 11 is 0. The molecule has 128 valence electrons. The molecule has 0 aromatic heterocycles. The van der Waals surface area contributed by atoms with Gasteiger partial charge in [0.1, 0.15) is 5.75 Å². The first kappa shape index (κ1) is 18.2. The zero-order valence-electron chi connectivity index (χ0n) is 14.6. The lowest BCUT2D eigenvalue weighted by molar-refractivity contribution is 0.178. The summed E-state index contributed by atoms with van der Waals surface area (Å²) in [4.78, 5) is 2.35. The predicted octanol–water partition coefficient (Wildman–Crippen LogP) is 3.84. The number of ether oxygens (including phenoxy) is 1. The van der Waals surface area contributed by atoms with Gasteiger partial charge in [0.2, 0.25) is 0 Å². The summed E-state index contributed by atoms with van der Waals surface area (Å²) in [6.07, 6.45) is 4.26. The minimum atomic E-state index is 0.210. The fourth-order valence-electron chi connectivity index (χ4n) is 2.68. The third kappa shape index (κ3) is 5.84. The molecule has 0 fully saturated rings. The van der Waals surface area contributed by atoms with E-state index in [0.717, 1.165) is 30.9 Å². The Morgan fingerprint density at radius 3 is 2.50 bits per heavy atom. The third-order valence-corrected chi connectivity index (χ3v) is 3.93. The van der Waals surface area contributed by atoms with Crippen molar-refractivity contribution in [2.45, 2.75) is 13.5 Å². The topological polar surface area (TPSA) is 32.7 Å². The fraction of sp³-hybridized carbons (Fsp3) is 0.333. The molecule has 0 bridgehead atoms.